The van der Waals surface area contributed by atoms with Crippen LogP contribution in [0.2, 0.25) is 5.02 Å². The molecule has 0 aliphatic rings. The van der Waals surface area contributed by atoms with Crippen LogP contribution in [0.15, 0.2) is 47.3 Å². The molecule has 0 bridgehead atoms. The van der Waals surface area contributed by atoms with Gasteiger partial charge in [0.15, 0.2) is 5.13 Å². The summed E-state index contributed by atoms with van der Waals surface area (Å²) in [5.74, 6) is -0.988. The molecule has 6 nitrogen and oxygen atoms in total. The molecular formula is C24H24ClN3O3S. The Morgan fingerprint density at radius 3 is 2.75 bits per heavy atom. The molecule has 0 atom stereocenters. The molecule has 0 unspecified atom stereocenters. The van der Waals surface area contributed by atoms with Gasteiger partial charge in [-0.15, -0.1) is 0 Å². The number of unbranched alkanes of at least 4 members (excludes halogenated alkanes) is 4. The van der Waals surface area contributed by atoms with Gasteiger partial charge in [-0.05, 0) is 36.8 Å². The van der Waals surface area contributed by atoms with Gasteiger partial charge in [0.25, 0.3) is 11.5 Å². The minimum atomic E-state index is -0.678. The van der Waals surface area contributed by atoms with Crippen molar-refractivity contribution in [2.75, 3.05) is 5.32 Å². The number of hydrogen-bond donors (Lipinski definition) is 2. The van der Waals surface area contributed by atoms with Crippen LogP contribution in [0.4, 0.5) is 5.13 Å². The molecule has 2 N–H and O–H groups in total. The zero-order valence-corrected chi connectivity index (χ0v) is 19.3. The number of para-hydroxylation sites is 1. The third-order valence-electron chi connectivity index (χ3n) is 5.43. The average molecular weight is 470 g/mol. The van der Waals surface area contributed by atoms with Gasteiger partial charge in [0.2, 0.25) is 0 Å². The molecular weight excluding hydrogens is 446 g/mol. The standard InChI is InChI=1S/C24H24ClN3O3S/c1-2-3-4-5-8-13-28-18-10-7-6-9-16(18)21(29)20(23(28)31)22(30)27-24-26-17-12-11-15(25)14-19(17)32-24/h6-7,9-12,14,29H,2-5,8,13H2,1H3,(H,26,27,30). The highest BCUT2D eigenvalue weighted by molar-refractivity contribution is 7.22. The van der Waals surface area contributed by atoms with Crippen LogP contribution in [0.25, 0.3) is 21.1 Å². The Kier molecular flexibility index (Phi) is 6.77. The van der Waals surface area contributed by atoms with E-state index in [1.54, 1.807) is 41.0 Å². The zero-order valence-electron chi connectivity index (χ0n) is 17.7. The number of aromatic hydroxyl groups is 1. The van der Waals surface area contributed by atoms with Crippen molar-refractivity contribution < 1.29 is 9.90 Å². The first-order chi connectivity index (χ1) is 15.5. The van der Waals surface area contributed by atoms with Gasteiger partial charge in [-0.25, -0.2) is 4.98 Å². The molecule has 0 aliphatic carbocycles. The molecule has 0 spiro atoms. The summed E-state index contributed by atoms with van der Waals surface area (Å²) in [4.78, 5) is 30.7. The third-order valence-corrected chi connectivity index (χ3v) is 6.60. The largest absolute Gasteiger partial charge is 0.506 e. The Bertz CT molecular complexity index is 1350. The fourth-order valence-electron chi connectivity index (χ4n) is 3.80. The van der Waals surface area contributed by atoms with Gasteiger partial charge < -0.3 is 9.67 Å². The first-order valence-corrected chi connectivity index (χ1v) is 11.9. The molecule has 2 aromatic carbocycles. The SMILES string of the molecule is CCCCCCCn1c(=O)c(C(=O)Nc2nc3ccc(Cl)cc3s2)c(O)c2ccccc21. The lowest BCUT2D eigenvalue weighted by Crippen LogP contribution is -2.30. The minimum Gasteiger partial charge on any atom is -0.506 e. The Morgan fingerprint density at radius 2 is 1.94 bits per heavy atom. The number of nitrogens with zero attached hydrogens (tertiary/aromatic N) is 2. The maximum atomic E-state index is 13.3. The van der Waals surface area contributed by atoms with Crippen LogP contribution in [0, 0.1) is 0 Å². The number of amides is 1. The fraction of sp³-hybridized carbons (Fsp3) is 0.292. The molecule has 2 aromatic heterocycles. The van der Waals surface area contributed by atoms with Gasteiger partial charge in [0.05, 0.1) is 15.7 Å². The maximum Gasteiger partial charge on any atom is 0.267 e. The number of thiazole rings is 1. The lowest BCUT2D eigenvalue weighted by molar-refractivity contribution is 0.102. The van der Waals surface area contributed by atoms with Crippen molar-refractivity contribution in [2.45, 2.75) is 45.6 Å². The number of nitrogens with one attached hydrogen (secondary N) is 1. The summed E-state index contributed by atoms with van der Waals surface area (Å²) >= 11 is 7.29. The number of carbonyl (C=O) groups is 1. The summed E-state index contributed by atoms with van der Waals surface area (Å²) in [5.41, 5.74) is 0.548. The van der Waals surface area contributed by atoms with E-state index >= 15 is 0 Å². The molecule has 4 rings (SSSR count). The van der Waals surface area contributed by atoms with E-state index in [0.717, 1.165) is 36.8 Å². The lowest BCUT2D eigenvalue weighted by atomic mass is 10.1. The van der Waals surface area contributed by atoms with Gasteiger partial charge in [-0.2, -0.15) is 0 Å². The first-order valence-electron chi connectivity index (χ1n) is 10.7. The number of anilines is 1. The molecule has 2 heterocycles. The molecule has 4 aromatic rings. The number of aromatic nitrogens is 2. The van der Waals surface area contributed by atoms with Crippen molar-refractivity contribution in [1.29, 1.82) is 0 Å². The van der Waals surface area contributed by atoms with Gasteiger partial charge in [0.1, 0.15) is 11.3 Å². The number of benzene rings is 2. The number of rotatable bonds is 8. The van der Waals surface area contributed by atoms with Crippen molar-refractivity contribution in [3.05, 3.63) is 63.4 Å². The molecule has 1 amide bonds. The van der Waals surface area contributed by atoms with Crippen LogP contribution in [-0.4, -0.2) is 20.6 Å². The second-order valence-corrected chi connectivity index (χ2v) is 9.16. The van der Waals surface area contributed by atoms with Crippen molar-refractivity contribution in [1.82, 2.24) is 9.55 Å². The van der Waals surface area contributed by atoms with E-state index in [9.17, 15) is 14.7 Å². The predicted molar refractivity (Wildman–Crippen MR) is 131 cm³/mol. The normalized spacial score (nSPS) is 11.3. The van der Waals surface area contributed by atoms with Crippen molar-refractivity contribution >= 4 is 55.1 Å². The van der Waals surface area contributed by atoms with E-state index in [1.165, 1.54) is 11.3 Å². The van der Waals surface area contributed by atoms with E-state index in [1.807, 2.05) is 6.07 Å². The average Bonchev–Trinajstić information content (AvgIpc) is 3.17. The Hall–Kier alpha value is -2.90. The maximum absolute atomic E-state index is 13.3. The third kappa shape index (κ3) is 4.49. The summed E-state index contributed by atoms with van der Waals surface area (Å²) in [5, 5.41) is 14.9. The molecule has 0 radical (unpaired) electrons. The summed E-state index contributed by atoms with van der Waals surface area (Å²) in [6, 6.07) is 12.4. The number of halogens is 1. The van der Waals surface area contributed by atoms with Crippen molar-refractivity contribution in [2.24, 2.45) is 0 Å². The molecule has 0 saturated carbocycles. The highest BCUT2D eigenvalue weighted by Gasteiger charge is 2.23. The number of carbonyl (C=O) groups excluding carboxylic acids is 1. The highest BCUT2D eigenvalue weighted by atomic mass is 35.5. The van der Waals surface area contributed by atoms with E-state index in [4.69, 9.17) is 11.6 Å². The number of hydrogen-bond acceptors (Lipinski definition) is 5. The Morgan fingerprint density at radius 1 is 1.16 bits per heavy atom. The summed E-state index contributed by atoms with van der Waals surface area (Å²) < 4.78 is 2.41. The molecule has 0 saturated heterocycles. The van der Waals surface area contributed by atoms with E-state index < -0.39 is 11.5 Å². The van der Waals surface area contributed by atoms with Crippen molar-refractivity contribution in [3.63, 3.8) is 0 Å². The van der Waals surface area contributed by atoms with E-state index in [-0.39, 0.29) is 11.3 Å². The van der Waals surface area contributed by atoms with Crippen LogP contribution >= 0.6 is 22.9 Å². The Labute approximate surface area is 194 Å². The number of fused-ring (bicyclic) bond motifs is 2. The summed E-state index contributed by atoms with van der Waals surface area (Å²) in [6.45, 7) is 2.64. The van der Waals surface area contributed by atoms with Gasteiger partial charge in [-0.3, -0.25) is 14.9 Å². The number of aryl methyl sites for hydroxylation is 1. The van der Waals surface area contributed by atoms with Gasteiger partial charge in [-0.1, -0.05) is 67.7 Å². The predicted octanol–water partition coefficient (Wildman–Crippen LogP) is 6.19. The second kappa shape index (κ2) is 9.71. The molecule has 0 fully saturated rings. The highest BCUT2D eigenvalue weighted by Crippen LogP contribution is 2.30. The molecule has 0 aliphatic heterocycles. The topological polar surface area (TPSA) is 84.2 Å². The van der Waals surface area contributed by atoms with Crippen LogP contribution in [0.1, 0.15) is 49.4 Å². The first kappa shape index (κ1) is 22.3. The summed E-state index contributed by atoms with van der Waals surface area (Å²) in [7, 11) is 0. The minimum absolute atomic E-state index is 0.269. The summed E-state index contributed by atoms with van der Waals surface area (Å²) in [6.07, 6.45) is 5.24. The van der Waals surface area contributed by atoms with Crippen molar-refractivity contribution in [3.8, 4) is 5.75 Å². The van der Waals surface area contributed by atoms with Crippen LogP contribution in [-0.2, 0) is 6.54 Å². The molecule has 8 heteroatoms. The molecule has 166 valence electrons. The van der Waals surface area contributed by atoms with Crippen LogP contribution in [0.5, 0.6) is 5.75 Å². The van der Waals surface area contributed by atoms with Gasteiger partial charge >= 0.3 is 0 Å². The van der Waals surface area contributed by atoms with Gasteiger partial charge in [0, 0.05) is 17.0 Å². The monoisotopic (exact) mass is 469 g/mol. The second-order valence-electron chi connectivity index (χ2n) is 7.70. The quantitative estimate of drug-likeness (QED) is 0.301. The van der Waals surface area contributed by atoms with E-state index in [2.05, 4.69) is 17.2 Å². The van der Waals surface area contributed by atoms with E-state index in [0.29, 0.717) is 33.1 Å². The molecule has 32 heavy (non-hydrogen) atoms. The number of pyridine rings is 1. The zero-order chi connectivity index (χ0) is 22.7. The van der Waals surface area contributed by atoms with Crippen LogP contribution < -0.4 is 10.9 Å². The smallest absolute Gasteiger partial charge is 0.267 e. The van der Waals surface area contributed by atoms with Crippen LogP contribution in [0.3, 0.4) is 0 Å². The Balaban J connectivity index is 1.68. The lowest BCUT2D eigenvalue weighted by Gasteiger charge is -2.14. The fourth-order valence-corrected chi connectivity index (χ4v) is 4.94.